The van der Waals surface area contributed by atoms with Gasteiger partial charge in [0, 0.05) is 17.9 Å². The molecule has 5 heteroatoms. The van der Waals surface area contributed by atoms with E-state index in [9.17, 15) is 4.79 Å². The number of hydrogen-bond donors (Lipinski definition) is 2. The van der Waals surface area contributed by atoms with Crippen molar-refractivity contribution in [3.63, 3.8) is 0 Å². The van der Waals surface area contributed by atoms with E-state index >= 15 is 0 Å². The van der Waals surface area contributed by atoms with Crippen molar-refractivity contribution in [1.82, 2.24) is 14.5 Å². The molecule has 0 aliphatic carbocycles. The zero-order valence-electron chi connectivity index (χ0n) is 9.51. The third kappa shape index (κ3) is 1.89. The Morgan fingerprint density at radius 1 is 1.22 bits per heavy atom. The van der Waals surface area contributed by atoms with Crippen LogP contribution in [0.3, 0.4) is 0 Å². The first-order valence-corrected chi connectivity index (χ1v) is 5.99. The minimum atomic E-state index is -0.142. The summed E-state index contributed by atoms with van der Waals surface area (Å²) in [4.78, 5) is 17.2. The summed E-state index contributed by atoms with van der Waals surface area (Å²) in [5.74, 6) is 0. The summed E-state index contributed by atoms with van der Waals surface area (Å²) in [6.45, 7) is 0.523. The van der Waals surface area contributed by atoms with Crippen molar-refractivity contribution in [3.8, 4) is 0 Å². The summed E-state index contributed by atoms with van der Waals surface area (Å²) < 4.78 is 2.39. The van der Waals surface area contributed by atoms with E-state index in [1.165, 1.54) is 0 Å². The highest BCUT2D eigenvalue weighted by Crippen LogP contribution is 2.15. The molecule has 0 amide bonds. The van der Waals surface area contributed by atoms with Gasteiger partial charge in [-0.1, -0.05) is 18.2 Å². The average Bonchev–Trinajstić information content (AvgIpc) is 2.76. The predicted octanol–water partition coefficient (Wildman–Crippen LogP) is 2.44. The molecule has 0 fully saturated rings. The van der Waals surface area contributed by atoms with Gasteiger partial charge in [-0.15, -0.1) is 0 Å². The number of nitrogens with zero attached hydrogens (tertiary/aromatic N) is 1. The van der Waals surface area contributed by atoms with Crippen molar-refractivity contribution >= 4 is 23.1 Å². The molecule has 0 atom stereocenters. The second-order valence-electron chi connectivity index (χ2n) is 4.10. The lowest BCUT2D eigenvalue weighted by Crippen LogP contribution is -2.16. The van der Waals surface area contributed by atoms with Gasteiger partial charge in [-0.3, -0.25) is 9.78 Å². The number of H-pyrrole nitrogens is 2. The number of aromatic nitrogens is 3. The first-order chi connectivity index (χ1) is 8.74. The predicted molar refractivity (Wildman–Crippen MR) is 73.3 cm³/mol. The minimum Gasteiger partial charge on any atom is -0.343 e. The number of para-hydroxylation sites is 1. The van der Waals surface area contributed by atoms with E-state index in [4.69, 9.17) is 12.2 Å². The van der Waals surface area contributed by atoms with E-state index in [-0.39, 0.29) is 5.56 Å². The van der Waals surface area contributed by atoms with Gasteiger partial charge in [-0.25, -0.2) is 0 Å². The molecule has 0 saturated carbocycles. The molecule has 90 valence electrons. The van der Waals surface area contributed by atoms with Gasteiger partial charge in [0.25, 0.3) is 5.56 Å². The van der Waals surface area contributed by atoms with Crippen molar-refractivity contribution in [2.75, 3.05) is 0 Å². The van der Waals surface area contributed by atoms with Crippen molar-refractivity contribution in [3.05, 3.63) is 63.4 Å². The number of aromatic amines is 2. The van der Waals surface area contributed by atoms with Crippen LogP contribution < -0.4 is 5.56 Å². The molecule has 0 radical (unpaired) electrons. The topological polar surface area (TPSA) is 53.6 Å². The number of benzene rings is 1. The number of nitrogens with one attached hydrogen (secondary N) is 2. The van der Waals surface area contributed by atoms with Crippen molar-refractivity contribution in [1.29, 1.82) is 0 Å². The Kier molecular flexibility index (Phi) is 2.60. The van der Waals surface area contributed by atoms with E-state index in [1.807, 2.05) is 35.0 Å². The molecule has 0 aliphatic rings. The third-order valence-corrected chi connectivity index (χ3v) is 3.14. The molecule has 0 saturated heterocycles. The first-order valence-electron chi connectivity index (χ1n) is 5.59. The lowest BCUT2D eigenvalue weighted by molar-refractivity contribution is 0.811. The molecule has 2 N–H and O–H groups in total. The molecule has 0 unspecified atom stereocenters. The average molecular weight is 257 g/mol. The largest absolute Gasteiger partial charge is 0.343 e. The maximum absolute atomic E-state index is 11.7. The number of hydrogen-bond acceptors (Lipinski definition) is 2. The van der Waals surface area contributed by atoms with E-state index in [0.29, 0.717) is 16.9 Å². The fraction of sp³-hybridized carbons (Fsp3) is 0.0769. The fourth-order valence-corrected chi connectivity index (χ4v) is 2.17. The van der Waals surface area contributed by atoms with Gasteiger partial charge in [0.2, 0.25) is 0 Å². The first kappa shape index (κ1) is 11.0. The Labute approximate surface area is 108 Å². The zero-order chi connectivity index (χ0) is 12.5. The van der Waals surface area contributed by atoms with Crippen molar-refractivity contribution in [2.24, 2.45) is 0 Å². The molecule has 3 aromatic rings. The van der Waals surface area contributed by atoms with Crippen LogP contribution in [-0.2, 0) is 6.54 Å². The highest BCUT2D eigenvalue weighted by molar-refractivity contribution is 7.71. The molecule has 3 rings (SSSR count). The fourth-order valence-electron chi connectivity index (χ4n) is 2.02. The zero-order valence-corrected chi connectivity index (χ0v) is 10.3. The molecular formula is C13H11N3OS. The molecule has 0 aliphatic heterocycles. The maximum atomic E-state index is 11.7. The SMILES string of the molecule is O=c1[nH]c(=S)[nH]cc1Cn1ccc2ccccc21. The Morgan fingerprint density at radius 3 is 2.89 bits per heavy atom. The van der Waals surface area contributed by atoms with E-state index in [0.717, 1.165) is 10.9 Å². The molecule has 0 bridgehead atoms. The monoisotopic (exact) mass is 257 g/mol. The number of rotatable bonds is 2. The second-order valence-corrected chi connectivity index (χ2v) is 4.51. The van der Waals surface area contributed by atoms with Crippen LogP contribution in [0.4, 0.5) is 0 Å². The molecule has 4 nitrogen and oxygen atoms in total. The van der Waals surface area contributed by atoms with Crippen LogP contribution in [0.2, 0.25) is 0 Å². The molecule has 2 heterocycles. The smallest absolute Gasteiger partial charge is 0.256 e. The van der Waals surface area contributed by atoms with Crippen LogP contribution in [0.15, 0.2) is 47.5 Å². The van der Waals surface area contributed by atoms with Crippen LogP contribution in [0.1, 0.15) is 5.56 Å². The standard InChI is InChI=1S/C13H11N3OS/c17-12-10(7-14-13(18)15-12)8-16-6-5-9-3-1-2-4-11(9)16/h1-7H,8H2,(H2,14,15,17,18). The summed E-state index contributed by atoms with van der Waals surface area (Å²) in [6.07, 6.45) is 3.64. The van der Waals surface area contributed by atoms with E-state index < -0.39 is 0 Å². The Balaban J connectivity index is 2.07. The van der Waals surface area contributed by atoms with Gasteiger partial charge in [0.15, 0.2) is 4.77 Å². The summed E-state index contributed by atoms with van der Waals surface area (Å²) in [5, 5.41) is 1.16. The molecule has 18 heavy (non-hydrogen) atoms. The van der Waals surface area contributed by atoms with E-state index in [1.54, 1.807) is 6.20 Å². The highest BCUT2D eigenvalue weighted by atomic mass is 32.1. The third-order valence-electron chi connectivity index (χ3n) is 2.92. The highest BCUT2D eigenvalue weighted by Gasteiger charge is 2.03. The molecule has 0 spiro atoms. The summed E-state index contributed by atoms with van der Waals surface area (Å²) >= 11 is 4.87. The van der Waals surface area contributed by atoms with E-state index in [2.05, 4.69) is 16.0 Å². The minimum absolute atomic E-state index is 0.142. The lowest BCUT2D eigenvalue weighted by atomic mass is 10.2. The van der Waals surface area contributed by atoms with Crippen molar-refractivity contribution < 1.29 is 0 Å². The van der Waals surface area contributed by atoms with Crippen LogP contribution >= 0.6 is 12.2 Å². The number of fused-ring (bicyclic) bond motifs is 1. The summed E-state index contributed by atoms with van der Waals surface area (Å²) in [6, 6.07) is 10.1. The summed E-state index contributed by atoms with van der Waals surface area (Å²) in [7, 11) is 0. The molecule has 1 aromatic carbocycles. The van der Waals surface area contributed by atoms with Gasteiger partial charge in [0.05, 0.1) is 12.1 Å². The van der Waals surface area contributed by atoms with Crippen LogP contribution in [0.25, 0.3) is 10.9 Å². The Hall–Kier alpha value is -2.14. The Bertz CT molecular complexity index is 812. The van der Waals surface area contributed by atoms with Gasteiger partial charge in [-0.2, -0.15) is 0 Å². The molecular weight excluding hydrogens is 246 g/mol. The second kappa shape index (κ2) is 4.27. The van der Waals surface area contributed by atoms with Crippen LogP contribution in [-0.4, -0.2) is 14.5 Å². The van der Waals surface area contributed by atoms with Crippen molar-refractivity contribution in [2.45, 2.75) is 6.54 Å². The van der Waals surface area contributed by atoms with Gasteiger partial charge < -0.3 is 9.55 Å². The Morgan fingerprint density at radius 2 is 2.06 bits per heavy atom. The lowest BCUT2D eigenvalue weighted by Gasteiger charge is -2.04. The maximum Gasteiger partial charge on any atom is 0.256 e. The quantitative estimate of drug-likeness (QED) is 0.693. The van der Waals surface area contributed by atoms with Crippen LogP contribution in [0, 0.1) is 4.77 Å². The normalized spacial score (nSPS) is 10.9. The van der Waals surface area contributed by atoms with Crippen LogP contribution in [0.5, 0.6) is 0 Å². The van der Waals surface area contributed by atoms with Gasteiger partial charge >= 0.3 is 0 Å². The summed E-state index contributed by atoms with van der Waals surface area (Å²) in [5.41, 5.74) is 1.63. The molecule has 2 aromatic heterocycles. The van der Waals surface area contributed by atoms with Gasteiger partial charge in [0.1, 0.15) is 0 Å². The van der Waals surface area contributed by atoms with Gasteiger partial charge in [-0.05, 0) is 29.7 Å².